The molecule has 0 saturated heterocycles. The van der Waals surface area contributed by atoms with Crippen LogP contribution >= 0.6 is 0 Å². The summed E-state index contributed by atoms with van der Waals surface area (Å²) in [6, 6.07) is 9.74. The van der Waals surface area contributed by atoms with Gasteiger partial charge in [0.05, 0.1) is 30.8 Å². The lowest BCUT2D eigenvalue weighted by Gasteiger charge is -2.11. The molecule has 0 aliphatic carbocycles. The number of hydrogen-bond donors (Lipinski definition) is 1. The normalized spacial score (nSPS) is 10.9. The van der Waals surface area contributed by atoms with E-state index in [0.717, 1.165) is 4.68 Å². The summed E-state index contributed by atoms with van der Waals surface area (Å²) in [6.45, 7) is 0.763. The molecule has 0 bridgehead atoms. The number of aryl methyl sites for hydroxylation is 1. The van der Waals surface area contributed by atoms with Gasteiger partial charge >= 0.3 is 0 Å². The zero-order valence-electron chi connectivity index (χ0n) is 15.0. The van der Waals surface area contributed by atoms with Gasteiger partial charge < -0.3 is 10.1 Å². The van der Waals surface area contributed by atoms with E-state index in [9.17, 15) is 14.4 Å². The van der Waals surface area contributed by atoms with Gasteiger partial charge in [0.1, 0.15) is 5.69 Å². The zero-order valence-corrected chi connectivity index (χ0v) is 15.0. The molecular weight excluding hydrogens is 350 g/mol. The van der Waals surface area contributed by atoms with Crippen molar-refractivity contribution in [2.24, 2.45) is 7.05 Å². The van der Waals surface area contributed by atoms with Gasteiger partial charge in [-0.15, -0.1) is 0 Å². The quantitative estimate of drug-likeness (QED) is 0.659. The Bertz CT molecular complexity index is 1100. The highest BCUT2D eigenvalue weighted by molar-refractivity contribution is 5.92. The number of benzene rings is 1. The first kappa shape index (κ1) is 18.5. The fourth-order valence-electron chi connectivity index (χ4n) is 2.64. The van der Waals surface area contributed by atoms with Crippen molar-refractivity contribution in [3.8, 4) is 0 Å². The first-order chi connectivity index (χ1) is 13.0. The molecule has 0 radical (unpaired) electrons. The summed E-state index contributed by atoms with van der Waals surface area (Å²) in [4.78, 5) is 36.3. The van der Waals surface area contributed by atoms with Crippen LogP contribution in [0.3, 0.4) is 0 Å². The summed E-state index contributed by atoms with van der Waals surface area (Å²) in [7, 11) is 3.02. The maximum absolute atomic E-state index is 12.5. The van der Waals surface area contributed by atoms with Crippen LogP contribution in [0.4, 0.5) is 0 Å². The second-order valence-corrected chi connectivity index (χ2v) is 5.88. The smallest absolute Gasteiger partial charge is 0.274 e. The minimum Gasteiger partial charge on any atom is -0.383 e. The molecule has 0 aliphatic heterocycles. The predicted octanol–water partition coefficient (Wildman–Crippen LogP) is 0.0666. The van der Waals surface area contributed by atoms with Crippen LogP contribution in [0.1, 0.15) is 16.2 Å². The van der Waals surface area contributed by atoms with E-state index in [0.29, 0.717) is 29.6 Å². The molecule has 3 aromatic rings. The van der Waals surface area contributed by atoms with Crippen LogP contribution in [0, 0.1) is 0 Å². The van der Waals surface area contributed by atoms with E-state index in [1.165, 1.54) is 23.9 Å². The fourth-order valence-corrected chi connectivity index (χ4v) is 2.64. The van der Waals surface area contributed by atoms with E-state index in [4.69, 9.17) is 4.74 Å². The second kappa shape index (κ2) is 7.92. The lowest BCUT2D eigenvalue weighted by Crippen LogP contribution is -2.31. The zero-order chi connectivity index (χ0) is 19.4. The van der Waals surface area contributed by atoms with Crippen LogP contribution in [0.2, 0.25) is 0 Å². The van der Waals surface area contributed by atoms with Crippen LogP contribution < -0.4 is 16.4 Å². The van der Waals surface area contributed by atoms with Crippen molar-refractivity contribution in [1.82, 2.24) is 24.9 Å². The monoisotopic (exact) mass is 369 g/mol. The Morgan fingerprint density at radius 1 is 1.11 bits per heavy atom. The maximum Gasteiger partial charge on any atom is 0.274 e. The first-order valence-corrected chi connectivity index (χ1v) is 8.31. The molecule has 27 heavy (non-hydrogen) atoms. The standard InChI is InChI=1S/C18H19N5O4/c1-22-16(24)8-7-14(20-22)17(25)19-11-15-12-5-3-4-6-13(12)18(26)23(21-15)9-10-27-2/h3-8H,9-11H2,1-2H3,(H,19,25). The van der Waals surface area contributed by atoms with Crippen LogP contribution in [0.15, 0.2) is 46.0 Å². The van der Waals surface area contributed by atoms with E-state index < -0.39 is 5.91 Å². The number of hydrogen-bond acceptors (Lipinski definition) is 6. The third kappa shape index (κ3) is 3.93. The first-order valence-electron chi connectivity index (χ1n) is 8.31. The van der Waals surface area contributed by atoms with Crippen molar-refractivity contribution in [1.29, 1.82) is 0 Å². The van der Waals surface area contributed by atoms with E-state index in [1.54, 1.807) is 25.3 Å². The number of fused-ring (bicyclic) bond motifs is 1. The van der Waals surface area contributed by atoms with Gasteiger partial charge in [-0.2, -0.15) is 10.2 Å². The van der Waals surface area contributed by atoms with E-state index in [2.05, 4.69) is 15.5 Å². The van der Waals surface area contributed by atoms with Crippen LogP contribution in [0.5, 0.6) is 0 Å². The molecule has 0 aliphatic rings. The molecule has 140 valence electrons. The summed E-state index contributed by atoms with van der Waals surface area (Å²) < 4.78 is 7.45. The Labute approximate surface area is 154 Å². The maximum atomic E-state index is 12.5. The molecule has 2 heterocycles. The SMILES string of the molecule is COCCn1nc(CNC(=O)c2ccc(=O)n(C)n2)c2ccccc2c1=O. The Hall–Kier alpha value is -3.33. The molecule has 1 aromatic carbocycles. The summed E-state index contributed by atoms with van der Waals surface area (Å²) in [5.41, 5.74) is 0.162. The van der Waals surface area contributed by atoms with Gasteiger partial charge in [0.15, 0.2) is 0 Å². The second-order valence-electron chi connectivity index (χ2n) is 5.88. The number of carbonyl (C=O) groups excluding carboxylic acids is 1. The van der Waals surface area contributed by atoms with Crippen LogP contribution in [-0.2, 0) is 24.9 Å². The number of rotatable bonds is 6. The highest BCUT2D eigenvalue weighted by atomic mass is 16.5. The largest absolute Gasteiger partial charge is 0.383 e. The molecule has 0 fully saturated rings. The Morgan fingerprint density at radius 3 is 2.56 bits per heavy atom. The number of nitrogens with one attached hydrogen (secondary N) is 1. The number of ether oxygens (including phenoxy) is 1. The average molecular weight is 369 g/mol. The summed E-state index contributed by atoms with van der Waals surface area (Å²) in [5.74, 6) is -0.439. The molecule has 0 atom stereocenters. The van der Waals surface area contributed by atoms with Crippen molar-refractivity contribution in [2.45, 2.75) is 13.1 Å². The van der Waals surface area contributed by atoms with Crippen LogP contribution in [0.25, 0.3) is 10.8 Å². The highest BCUT2D eigenvalue weighted by Crippen LogP contribution is 2.13. The topological polar surface area (TPSA) is 108 Å². The summed E-state index contributed by atoms with van der Waals surface area (Å²) in [6.07, 6.45) is 0. The molecular formula is C18H19N5O4. The van der Waals surface area contributed by atoms with Gasteiger partial charge in [-0.05, 0) is 12.1 Å². The minimum absolute atomic E-state index is 0.108. The predicted molar refractivity (Wildman–Crippen MR) is 98.5 cm³/mol. The summed E-state index contributed by atoms with van der Waals surface area (Å²) >= 11 is 0. The van der Waals surface area contributed by atoms with Crippen molar-refractivity contribution in [2.75, 3.05) is 13.7 Å². The minimum atomic E-state index is -0.439. The van der Waals surface area contributed by atoms with Gasteiger partial charge in [-0.25, -0.2) is 9.36 Å². The van der Waals surface area contributed by atoms with Crippen LogP contribution in [-0.4, -0.2) is 39.2 Å². The molecule has 1 N–H and O–H groups in total. The lowest BCUT2D eigenvalue weighted by molar-refractivity contribution is 0.0943. The average Bonchev–Trinajstić information content (AvgIpc) is 2.68. The summed E-state index contributed by atoms with van der Waals surface area (Å²) in [5, 5.41) is 12.2. The molecule has 9 nitrogen and oxygen atoms in total. The third-order valence-corrected chi connectivity index (χ3v) is 4.06. The fraction of sp³-hybridized carbons (Fsp3) is 0.278. The van der Waals surface area contributed by atoms with E-state index >= 15 is 0 Å². The number of aromatic nitrogens is 4. The van der Waals surface area contributed by atoms with Gasteiger partial charge in [-0.3, -0.25) is 14.4 Å². The lowest BCUT2D eigenvalue weighted by atomic mass is 10.1. The number of nitrogens with zero attached hydrogens (tertiary/aromatic N) is 4. The van der Waals surface area contributed by atoms with E-state index in [-0.39, 0.29) is 23.4 Å². The third-order valence-electron chi connectivity index (χ3n) is 4.06. The molecule has 0 unspecified atom stereocenters. The Balaban J connectivity index is 1.90. The van der Waals surface area contributed by atoms with Crippen molar-refractivity contribution in [3.63, 3.8) is 0 Å². The van der Waals surface area contributed by atoms with Gasteiger partial charge in [0.2, 0.25) is 0 Å². The van der Waals surface area contributed by atoms with E-state index in [1.807, 2.05) is 6.07 Å². The van der Waals surface area contributed by atoms with Crippen molar-refractivity contribution >= 4 is 16.7 Å². The Kier molecular flexibility index (Phi) is 5.41. The highest BCUT2D eigenvalue weighted by Gasteiger charge is 2.13. The molecule has 1 amide bonds. The molecule has 3 rings (SSSR count). The molecule has 2 aromatic heterocycles. The number of carbonyl (C=O) groups is 1. The molecule has 9 heteroatoms. The molecule has 0 spiro atoms. The number of methoxy groups -OCH3 is 1. The van der Waals surface area contributed by atoms with Gasteiger partial charge in [-0.1, -0.05) is 18.2 Å². The van der Waals surface area contributed by atoms with Crippen molar-refractivity contribution < 1.29 is 9.53 Å². The van der Waals surface area contributed by atoms with Gasteiger partial charge in [0, 0.05) is 25.6 Å². The van der Waals surface area contributed by atoms with Gasteiger partial charge in [0.25, 0.3) is 17.0 Å². The number of amides is 1. The molecule has 0 saturated carbocycles. The Morgan fingerprint density at radius 2 is 1.85 bits per heavy atom. The van der Waals surface area contributed by atoms with Crippen molar-refractivity contribution in [3.05, 3.63) is 68.5 Å².